The van der Waals surface area contributed by atoms with Crippen molar-refractivity contribution in [1.29, 1.82) is 5.26 Å². The summed E-state index contributed by atoms with van der Waals surface area (Å²) in [7, 11) is 1.53. The number of methoxy groups -OCH3 is 1. The molecule has 0 radical (unpaired) electrons. The average Bonchev–Trinajstić information content (AvgIpc) is 2.95. The van der Waals surface area contributed by atoms with Crippen molar-refractivity contribution in [1.82, 2.24) is 5.32 Å². The third-order valence-electron chi connectivity index (χ3n) is 4.35. The Morgan fingerprint density at radius 2 is 1.93 bits per heavy atom. The Bertz CT molecular complexity index is 938. The Hall–Kier alpha value is -3.41. The highest BCUT2D eigenvalue weighted by Crippen LogP contribution is 2.34. The quantitative estimate of drug-likeness (QED) is 0.829. The lowest BCUT2D eigenvalue weighted by molar-refractivity contribution is -0.137. The molecular formula is C19H17F3N4O2. The molecule has 6 nitrogen and oxygen atoms in total. The number of nitrogens with one attached hydrogen (secondary N) is 2. The Morgan fingerprint density at radius 3 is 2.50 bits per heavy atom. The highest BCUT2D eigenvalue weighted by molar-refractivity contribution is 5.95. The van der Waals surface area contributed by atoms with Gasteiger partial charge in [0.05, 0.1) is 30.9 Å². The van der Waals surface area contributed by atoms with Gasteiger partial charge >= 0.3 is 12.2 Å². The minimum Gasteiger partial charge on any atom is -0.497 e. The zero-order chi connectivity index (χ0) is 20.5. The van der Waals surface area contributed by atoms with Gasteiger partial charge < -0.3 is 15.4 Å². The number of anilines is 2. The van der Waals surface area contributed by atoms with Crippen LogP contribution in [0.1, 0.15) is 18.1 Å². The van der Waals surface area contributed by atoms with Crippen LogP contribution in [-0.2, 0) is 6.18 Å². The molecular weight excluding hydrogens is 373 g/mol. The van der Waals surface area contributed by atoms with E-state index in [1.165, 1.54) is 18.1 Å². The van der Waals surface area contributed by atoms with Gasteiger partial charge in [0.15, 0.2) is 0 Å². The van der Waals surface area contributed by atoms with E-state index in [1.54, 1.807) is 37.3 Å². The van der Waals surface area contributed by atoms with Crippen molar-refractivity contribution < 1.29 is 22.7 Å². The number of nitrogens with zero attached hydrogens (tertiary/aromatic N) is 2. The Labute approximate surface area is 159 Å². The lowest BCUT2D eigenvalue weighted by Crippen LogP contribution is -2.47. The molecule has 2 amide bonds. The molecule has 0 aromatic heterocycles. The Balaban J connectivity index is 1.83. The highest BCUT2D eigenvalue weighted by Gasteiger charge is 2.40. The fourth-order valence-electron chi connectivity index (χ4n) is 3.05. The summed E-state index contributed by atoms with van der Waals surface area (Å²) in [6, 6.07) is 11.4. The monoisotopic (exact) mass is 390 g/mol. The van der Waals surface area contributed by atoms with Crippen LogP contribution in [0.15, 0.2) is 42.5 Å². The largest absolute Gasteiger partial charge is 0.497 e. The Kier molecular flexibility index (Phi) is 4.81. The maximum absolute atomic E-state index is 13.2. The van der Waals surface area contributed by atoms with Crippen molar-refractivity contribution >= 4 is 17.4 Å². The van der Waals surface area contributed by atoms with Crippen LogP contribution in [0, 0.1) is 11.3 Å². The van der Waals surface area contributed by atoms with Gasteiger partial charge in [-0.15, -0.1) is 0 Å². The maximum Gasteiger partial charge on any atom is 0.417 e. The van der Waals surface area contributed by atoms with Crippen molar-refractivity contribution in [2.45, 2.75) is 18.8 Å². The smallest absolute Gasteiger partial charge is 0.417 e. The fraction of sp³-hybridized carbons (Fsp3) is 0.263. The molecule has 28 heavy (non-hydrogen) atoms. The number of hydrogen-bond donors (Lipinski definition) is 2. The van der Waals surface area contributed by atoms with Crippen LogP contribution >= 0.6 is 0 Å². The van der Waals surface area contributed by atoms with Gasteiger partial charge in [-0.2, -0.15) is 18.4 Å². The molecule has 1 unspecified atom stereocenters. The van der Waals surface area contributed by atoms with E-state index in [9.17, 15) is 18.0 Å². The second-order valence-corrected chi connectivity index (χ2v) is 6.54. The number of nitriles is 1. The second-order valence-electron chi connectivity index (χ2n) is 6.54. The SMILES string of the molecule is COc1ccc(N2CC(C)(Nc3ccc(C#N)c(C(F)(F)F)c3)NC2=O)cc1. The summed E-state index contributed by atoms with van der Waals surface area (Å²) in [5.41, 5.74) is -1.72. The van der Waals surface area contributed by atoms with Crippen molar-refractivity contribution in [2.75, 3.05) is 23.9 Å². The number of amides is 2. The summed E-state index contributed by atoms with van der Waals surface area (Å²) >= 11 is 0. The molecule has 146 valence electrons. The van der Waals surface area contributed by atoms with E-state index in [1.807, 2.05) is 0 Å². The van der Waals surface area contributed by atoms with Gasteiger partial charge in [0, 0.05) is 11.4 Å². The number of hydrogen-bond acceptors (Lipinski definition) is 4. The van der Waals surface area contributed by atoms with Crippen LogP contribution in [0.25, 0.3) is 0 Å². The number of ether oxygens (including phenoxy) is 1. The molecule has 1 aliphatic heterocycles. The summed E-state index contributed by atoms with van der Waals surface area (Å²) in [6.45, 7) is 1.85. The maximum atomic E-state index is 13.2. The van der Waals surface area contributed by atoms with Crippen LogP contribution in [0.3, 0.4) is 0 Å². The van der Waals surface area contributed by atoms with Crippen molar-refractivity contribution in [2.24, 2.45) is 0 Å². The van der Waals surface area contributed by atoms with Crippen molar-refractivity contribution in [3.05, 3.63) is 53.6 Å². The molecule has 9 heteroatoms. The fourth-order valence-corrected chi connectivity index (χ4v) is 3.05. The van der Waals surface area contributed by atoms with Gasteiger partial charge in [-0.1, -0.05) is 0 Å². The summed E-state index contributed by atoms with van der Waals surface area (Å²) in [4.78, 5) is 13.9. The van der Waals surface area contributed by atoms with Gasteiger partial charge in [-0.25, -0.2) is 4.79 Å². The molecule has 2 aromatic rings. The molecule has 1 heterocycles. The lowest BCUT2D eigenvalue weighted by atomic mass is 10.1. The van der Waals surface area contributed by atoms with Gasteiger partial charge in [0.1, 0.15) is 11.4 Å². The number of rotatable bonds is 4. The first-order chi connectivity index (χ1) is 13.1. The zero-order valence-corrected chi connectivity index (χ0v) is 15.1. The molecule has 1 fully saturated rings. The minimum absolute atomic E-state index is 0.144. The van der Waals surface area contributed by atoms with Crippen molar-refractivity contribution in [3.8, 4) is 11.8 Å². The third-order valence-corrected chi connectivity index (χ3v) is 4.35. The van der Waals surface area contributed by atoms with Gasteiger partial charge in [-0.3, -0.25) is 4.90 Å². The normalized spacial score (nSPS) is 19.1. The topological polar surface area (TPSA) is 77.4 Å². The zero-order valence-electron chi connectivity index (χ0n) is 15.1. The minimum atomic E-state index is -4.66. The molecule has 1 aliphatic rings. The lowest BCUT2D eigenvalue weighted by Gasteiger charge is -2.27. The molecule has 1 atom stereocenters. The Morgan fingerprint density at radius 1 is 1.25 bits per heavy atom. The van der Waals surface area contributed by atoms with E-state index in [0.29, 0.717) is 11.4 Å². The van der Waals surface area contributed by atoms with E-state index < -0.39 is 23.0 Å². The number of alkyl halides is 3. The molecule has 0 spiro atoms. The number of carbonyl (C=O) groups is 1. The van der Waals surface area contributed by atoms with Gasteiger partial charge in [0.25, 0.3) is 0 Å². The van der Waals surface area contributed by atoms with Gasteiger partial charge in [0.2, 0.25) is 0 Å². The number of benzene rings is 2. The van der Waals surface area contributed by atoms with E-state index in [0.717, 1.165) is 12.1 Å². The van der Waals surface area contributed by atoms with E-state index in [2.05, 4.69) is 10.6 Å². The standard InChI is InChI=1S/C19H17F3N4O2/c1-18(24-13-4-3-12(10-23)16(9-13)19(20,21)22)11-26(17(27)25-18)14-5-7-15(28-2)8-6-14/h3-9,24H,11H2,1-2H3,(H,25,27). The van der Waals surface area contributed by atoms with Crippen LogP contribution < -0.4 is 20.3 Å². The van der Waals surface area contributed by atoms with Crippen LogP contribution in [0.2, 0.25) is 0 Å². The summed E-state index contributed by atoms with van der Waals surface area (Å²) in [5.74, 6) is 0.640. The van der Waals surface area contributed by atoms with Gasteiger partial charge in [-0.05, 0) is 49.4 Å². The average molecular weight is 390 g/mol. The van der Waals surface area contributed by atoms with Crippen LogP contribution in [-0.4, -0.2) is 25.3 Å². The molecule has 2 N–H and O–H groups in total. The third kappa shape index (κ3) is 3.81. The molecule has 3 rings (SSSR count). The van der Waals surface area contributed by atoms with E-state index >= 15 is 0 Å². The van der Waals surface area contributed by atoms with E-state index in [4.69, 9.17) is 10.00 Å². The predicted octanol–water partition coefficient (Wildman–Crippen LogP) is 3.94. The highest BCUT2D eigenvalue weighted by atomic mass is 19.4. The molecule has 2 aromatic carbocycles. The first kappa shape index (κ1) is 19.4. The first-order valence-corrected chi connectivity index (χ1v) is 8.28. The summed E-state index contributed by atoms with van der Waals surface area (Å²) in [6.07, 6.45) is -4.66. The number of carbonyl (C=O) groups excluding carboxylic acids is 1. The molecule has 0 bridgehead atoms. The van der Waals surface area contributed by atoms with Crippen LogP contribution in [0.5, 0.6) is 5.75 Å². The predicted molar refractivity (Wildman–Crippen MR) is 97.1 cm³/mol. The second kappa shape index (κ2) is 6.96. The first-order valence-electron chi connectivity index (χ1n) is 8.28. The molecule has 0 aliphatic carbocycles. The number of halogens is 3. The van der Waals surface area contributed by atoms with Crippen molar-refractivity contribution in [3.63, 3.8) is 0 Å². The number of urea groups is 1. The molecule has 0 saturated carbocycles. The van der Waals surface area contributed by atoms with E-state index in [-0.39, 0.29) is 18.3 Å². The summed E-state index contributed by atoms with van der Waals surface area (Å²) < 4.78 is 44.6. The molecule has 1 saturated heterocycles. The summed E-state index contributed by atoms with van der Waals surface area (Å²) in [5, 5.41) is 14.6. The van der Waals surface area contributed by atoms with Crippen LogP contribution in [0.4, 0.5) is 29.3 Å².